The highest BCUT2D eigenvalue weighted by Gasteiger charge is 2.04. The van der Waals surface area contributed by atoms with E-state index in [2.05, 4.69) is 6.92 Å². The van der Waals surface area contributed by atoms with Crippen LogP contribution < -0.4 is 5.73 Å². The Balaban J connectivity index is 2.62. The zero-order valence-electron chi connectivity index (χ0n) is 9.16. The summed E-state index contributed by atoms with van der Waals surface area (Å²) < 4.78 is 11.8. The van der Waals surface area contributed by atoms with E-state index < -0.39 is 10.8 Å². The molecule has 0 aromatic heterocycles. The average Bonchev–Trinajstić information content (AvgIpc) is 2.22. The average molecular weight is 243 g/mol. The second kappa shape index (κ2) is 6.18. The Morgan fingerprint density at radius 3 is 2.80 bits per heavy atom. The SMILES string of the molecule is CCSCCS(=O)c1ccc(N)c(C)c1. The fourth-order valence-corrected chi connectivity index (χ4v) is 3.32. The molecule has 0 amide bonds. The molecule has 1 unspecified atom stereocenters. The molecule has 0 saturated heterocycles. The Bertz CT molecular complexity index is 352. The molecule has 15 heavy (non-hydrogen) atoms. The van der Waals surface area contributed by atoms with E-state index in [-0.39, 0.29) is 0 Å². The second-order valence-corrected chi connectivity index (χ2v) is 6.23. The highest BCUT2D eigenvalue weighted by Crippen LogP contribution is 2.16. The molecule has 0 aliphatic carbocycles. The summed E-state index contributed by atoms with van der Waals surface area (Å²) in [7, 11) is -0.880. The highest BCUT2D eigenvalue weighted by molar-refractivity contribution is 8.00. The summed E-state index contributed by atoms with van der Waals surface area (Å²) in [5.74, 6) is 2.76. The second-order valence-electron chi connectivity index (χ2n) is 3.26. The van der Waals surface area contributed by atoms with Gasteiger partial charge in [0.2, 0.25) is 0 Å². The van der Waals surface area contributed by atoms with Crippen LogP contribution in [-0.2, 0) is 10.8 Å². The van der Waals surface area contributed by atoms with Crippen molar-refractivity contribution in [2.24, 2.45) is 0 Å². The zero-order valence-corrected chi connectivity index (χ0v) is 10.8. The van der Waals surface area contributed by atoms with Crippen molar-refractivity contribution in [1.29, 1.82) is 0 Å². The first kappa shape index (κ1) is 12.6. The topological polar surface area (TPSA) is 43.1 Å². The Morgan fingerprint density at radius 1 is 1.47 bits per heavy atom. The highest BCUT2D eigenvalue weighted by atomic mass is 32.2. The van der Waals surface area contributed by atoms with Crippen LogP contribution in [0.5, 0.6) is 0 Å². The van der Waals surface area contributed by atoms with Gasteiger partial charge in [0.25, 0.3) is 0 Å². The predicted octanol–water partition coefficient (Wildman–Crippen LogP) is 2.44. The Morgan fingerprint density at radius 2 is 2.20 bits per heavy atom. The third kappa shape index (κ3) is 3.87. The van der Waals surface area contributed by atoms with Crippen molar-refractivity contribution >= 4 is 28.2 Å². The van der Waals surface area contributed by atoms with E-state index in [1.165, 1.54) is 0 Å². The lowest BCUT2D eigenvalue weighted by Crippen LogP contribution is -2.02. The molecule has 0 radical (unpaired) electrons. The van der Waals surface area contributed by atoms with Gasteiger partial charge in [0.1, 0.15) is 0 Å². The minimum absolute atomic E-state index is 0.724. The van der Waals surface area contributed by atoms with Crippen molar-refractivity contribution in [2.45, 2.75) is 18.7 Å². The van der Waals surface area contributed by atoms with Crippen LogP contribution in [0.15, 0.2) is 23.1 Å². The van der Waals surface area contributed by atoms with E-state index in [0.717, 1.165) is 33.4 Å². The molecule has 2 nitrogen and oxygen atoms in total. The van der Waals surface area contributed by atoms with Crippen molar-refractivity contribution in [3.8, 4) is 0 Å². The number of anilines is 1. The van der Waals surface area contributed by atoms with Crippen LogP contribution >= 0.6 is 11.8 Å². The molecule has 2 N–H and O–H groups in total. The molecule has 0 heterocycles. The van der Waals surface area contributed by atoms with Crippen LogP contribution in [0.3, 0.4) is 0 Å². The molecule has 1 aromatic rings. The van der Waals surface area contributed by atoms with Gasteiger partial charge in [-0.3, -0.25) is 4.21 Å². The van der Waals surface area contributed by atoms with Crippen molar-refractivity contribution < 1.29 is 4.21 Å². The molecule has 0 aliphatic rings. The normalized spacial score (nSPS) is 12.7. The van der Waals surface area contributed by atoms with E-state index in [4.69, 9.17) is 5.73 Å². The number of hydrogen-bond donors (Lipinski definition) is 1. The molecule has 4 heteroatoms. The lowest BCUT2D eigenvalue weighted by molar-refractivity contribution is 0.684. The molecular formula is C11H17NOS2. The van der Waals surface area contributed by atoms with Gasteiger partial charge < -0.3 is 5.73 Å². The third-order valence-corrected chi connectivity index (χ3v) is 4.64. The van der Waals surface area contributed by atoms with Gasteiger partial charge in [-0.25, -0.2) is 0 Å². The lowest BCUT2D eigenvalue weighted by atomic mass is 10.2. The van der Waals surface area contributed by atoms with Gasteiger partial charge >= 0.3 is 0 Å². The first-order valence-corrected chi connectivity index (χ1v) is 7.44. The van der Waals surface area contributed by atoms with Gasteiger partial charge in [0.15, 0.2) is 0 Å². The summed E-state index contributed by atoms with van der Waals surface area (Å²) >= 11 is 1.82. The van der Waals surface area contributed by atoms with Crippen LogP contribution in [0, 0.1) is 6.92 Å². The van der Waals surface area contributed by atoms with Crippen LogP contribution in [0.25, 0.3) is 0 Å². The molecule has 0 saturated carbocycles. The molecule has 84 valence electrons. The molecular weight excluding hydrogens is 226 g/mol. The van der Waals surface area contributed by atoms with E-state index in [1.54, 1.807) is 0 Å². The largest absolute Gasteiger partial charge is 0.399 e. The molecule has 0 spiro atoms. The van der Waals surface area contributed by atoms with Crippen LogP contribution in [-0.4, -0.2) is 21.5 Å². The Kier molecular flexibility index (Phi) is 5.19. The van der Waals surface area contributed by atoms with Gasteiger partial charge in [-0.05, 0) is 36.4 Å². The number of rotatable bonds is 5. The van der Waals surface area contributed by atoms with Crippen LogP contribution in [0.2, 0.25) is 0 Å². The summed E-state index contributed by atoms with van der Waals surface area (Å²) in [6, 6.07) is 5.60. The first-order chi connectivity index (χ1) is 7.15. The lowest BCUT2D eigenvalue weighted by Gasteiger charge is -2.04. The van der Waals surface area contributed by atoms with Gasteiger partial charge in [-0.15, -0.1) is 0 Å². The summed E-state index contributed by atoms with van der Waals surface area (Å²) in [6.45, 7) is 4.05. The maximum absolute atomic E-state index is 11.8. The molecule has 0 bridgehead atoms. The molecule has 1 rings (SSSR count). The van der Waals surface area contributed by atoms with Crippen molar-refractivity contribution in [2.75, 3.05) is 23.0 Å². The van der Waals surface area contributed by atoms with Crippen molar-refractivity contribution in [3.05, 3.63) is 23.8 Å². The Hall–Kier alpha value is -0.480. The van der Waals surface area contributed by atoms with E-state index in [0.29, 0.717) is 0 Å². The van der Waals surface area contributed by atoms with E-state index >= 15 is 0 Å². The van der Waals surface area contributed by atoms with Gasteiger partial charge in [-0.1, -0.05) is 6.92 Å². The minimum Gasteiger partial charge on any atom is -0.399 e. The summed E-state index contributed by atoms with van der Waals surface area (Å²) in [4.78, 5) is 0.887. The standard InChI is InChI=1S/C11H17NOS2/c1-3-14-6-7-15(13)10-4-5-11(12)9(2)8-10/h4-5,8H,3,6-7,12H2,1-2H3. The quantitative estimate of drug-likeness (QED) is 0.638. The number of nitrogen functional groups attached to an aromatic ring is 1. The number of aryl methyl sites for hydroxylation is 1. The molecule has 0 fully saturated rings. The fraction of sp³-hybridized carbons (Fsp3) is 0.455. The number of nitrogens with two attached hydrogens (primary N) is 1. The number of thioether (sulfide) groups is 1. The van der Waals surface area contributed by atoms with Crippen LogP contribution in [0.4, 0.5) is 5.69 Å². The first-order valence-electron chi connectivity index (χ1n) is 4.97. The summed E-state index contributed by atoms with van der Waals surface area (Å²) in [5.41, 5.74) is 7.47. The van der Waals surface area contributed by atoms with E-state index in [9.17, 15) is 4.21 Å². The van der Waals surface area contributed by atoms with E-state index in [1.807, 2.05) is 36.9 Å². The smallest absolute Gasteiger partial charge is 0.0537 e. The predicted molar refractivity (Wildman–Crippen MR) is 69.9 cm³/mol. The van der Waals surface area contributed by atoms with Crippen molar-refractivity contribution in [3.63, 3.8) is 0 Å². The number of hydrogen-bond acceptors (Lipinski definition) is 3. The Labute approximate surface area is 98.1 Å². The maximum Gasteiger partial charge on any atom is 0.0537 e. The maximum atomic E-state index is 11.8. The van der Waals surface area contributed by atoms with Gasteiger partial charge in [0.05, 0.1) is 10.8 Å². The third-order valence-electron chi connectivity index (χ3n) is 2.12. The minimum atomic E-state index is -0.880. The fourth-order valence-electron chi connectivity index (χ4n) is 1.19. The van der Waals surface area contributed by atoms with Gasteiger partial charge in [-0.2, -0.15) is 11.8 Å². The van der Waals surface area contributed by atoms with Crippen molar-refractivity contribution in [1.82, 2.24) is 0 Å². The zero-order chi connectivity index (χ0) is 11.3. The monoisotopic (exact) mass is 243 g/mol. The molecule has 1 atom stereocenters. The van der Waals surface area contributed by atoms with Crippen LogP contribution in [0.1, 0.15) is 12.5 Å². The summed E-state index contributed by atoms with van der Waals surface area (Å²) in [6.07, 6.45) is 0. The van der Waals surface area contributed by atoms with Gasteiger partial charge in [0, 0.05) is 22.1 Å². The molecule has 0 aliphatic heterocycles. The number of benzene rings is 1. The summed E-state index contributed by atoms with van der Waals surface area (Å²) in [5, 5.41) is 0. The molecule has 1 aromatic carbocycles.